The summed E-state index contributed by atoms with van der Waals surface area (Å²) in [5, 5.41) is 3.67. The van der Waals surface area contributed by atoms with Crippen molar-refractivity contribution < 1.29 is 10.1 Å². The van der Waals surface area contributed by atoms with Crippen LogP contribution in [0.4, 0.5) is 0 Å². The van der Waals surface area contributed by atoms with E-state index >= 15 is 0 Å². The molecule has 0 spiro atoms. The highest BCUT2D eigenvalue weighted by atomic mass is 35.5. The number of Topliss-reactive ketones (excluding diaryl/α,β-unsaturated/α-hetero) is 1. The van der Waals surface area contributed by atoms with Gasteiger partial charge in [0.05, 0.1) is 11.8 Å². The lowest BCUT2D eigenvalue weighted by atomic mass is 9.76. The Kier molecular flexibility index (Phi) is 4.77. The van der Waals surface area contributed by atoms with Gasteiger partial charge in [-0.15, -0.1) is 0 Å². The van der Waals surface area contributed by atoms with Crippen LogP contribution in [-0.4, -0.2) is 5.78 Å². The molecule has 0 aromatic heterocycles. The molecule has 1 saturated heterocycles. The fourth-order valence-electron chi connectivity index (χ4n) is 3.56. The zero-order chi connectivity index (χ0) is 16.6. The maximum atomic E-state index is 12.8. The summed E-state index contributed by atoms with van der Waals surface area (Å²) in [5.41, 5.74) is 2.03. The monoisotopic (exact) mass is 348 g/mol. The van der Waals surface area contributed by atoms with Crippen LogP contribution in [0.25, 0.3) is 0 Å². The molecule has 2 N–H and O–H groups in total. The standard InChI is InChI=1S/C19H19Cl2NO/c1-11-17(13-7-3-5-9-15(13)20)22-18(12(2)19(11)23)14-8-4-6-10-16(14)21/h3-12,17-18,22H,1-2H3/p+1/t11-,12+,17-,18+. The van der Waals surface area contributed by atoms with Gasteiger partial charge in [-0.2, -0.15) is 0 Å². The average molecular weight is 349 g/mol. The van der Waals surface area contributed by atoms with Crippen molar-refractivity contribution in [2.75, 3.05) is 0 Å². The first-order valence-electron chi connectivity index (χ1n) is 7.88. The molecule has 1 fully saturated rings. The zero-order valence-electron chi connectivity index (χ0n) is 13.2. The Morgan fingerprint density at radius 2 is 1.17 bits per heavy atom. The first-order chi connectivity index (χ1) is 11.0. The maximum absolute atomic E-state index is 12.8. The van der Waals surface area contributed by atoms with Crippen LogP contribution in [-0.2, 0) is 4.79 Å². The van der Waals surface area contributed by atoms with E-state index in [1.807, 2.05) is 62.4 Å². The quantitative estimate of drug-likeness (QED) is 0.866. The van der Waals surface area contributed by atoms with Crippen LogP contribution in [0.15, 0.2) is 48.5 Å². The number of halogens is 2. The number of quaternary nitrogens is 1. The normalized spacial score (nSPS) is 27.9. The van der Waals surface area contributed by atoms with Crippen LogP contribution >= 0.6 is 23.2 Å². The molecule has 1 aliphatic rings. The number of ketones is 1. The number of carbonyl (C=O) groups is 1. The third-order valence-electron chi connectivity index (χ3n) is 4.92. The number of rotatable bonds is 2. The minimum absolute atomic E-state index is 0.00803. The lowest BCUT2D eigenvalue weighted by Crippen LogP contribution is -2.91. The van der Waals surface area contributed by atoms with E-state index in [0.29, 0.717) is 10.0 Å². The van der Waals surface area contributed by atoms with E-state index in [2.05, 4.69) is 5.32 Å². The van der Waals surface area contributed by atoms with Crippen molar-refractivity contribution in [1.29, 1.82) is 0 Å². The Balaban J connectivity index is 2.02. The van der Waals surface area contributed by atoms with E-state index in [1.54, 1.807) is 0 Å². The van der Waals surface area contributed by atoms with Crippen LogP contribution in [0.3, 0.4) is 0 Å². The van der Waals surface area contributed by atoms with E-state index in [1.165, 1.54) is 0 Å². The van der Waals surface area contributed by atoms with E-state index in [4.69, 9.17) is 23.2 Å². The molecular formula is C19H20Cl2NO+. The van der Waals surface area contributed by atoms with Gasteiger partial charge in [0.25, 0.3) is 0 Å². The van der Waals surface area contributed by atoms with Crippen molar-refractivity contribution >= 4 is 29.0 Å². The predicted octanol–water partition coefficient (Wildman–Crippen LogP) is 4.19. The zero-order valence-corrected chi connectivity index (χ0v) is 14.7. The summed E-state index contributed by atoms with van der Waals surface area (Å²) in [6.07, 6.45) is 0. The van der Waals surface area contributed by atoms with Crippen LogP contribution in [0.1, 0.15) is 37.1 Å². The Bertz CT molecular complexity index is 671. The summed E-state index contributed by atoms with van der Waals surface area (Å²) in [6, 6.07) is 15.5. The molecule has 2 nitrogen and oxygen atoms in total. The third kappa shape index (κ3) is 3.03. The number of hydrogen-bond acceptors (Lipinski definition) is 1. The van der Waals surface area contributed by atoms with Gasteiger partial charge in [0.2, 0.25) is 0 Å². The first kappa shape index (κ1) is 16.5. The molecule has 23 heavy (non-hydrogen) atoms. The fourth-order valence-corrected chi connectivity index (χ4v) is 4.09. The van der Waals surface area contributed by atoms with Gasteiger partial charge in [0, 0.05) is 21.2 Å². The number of benzene rings is 2. The SMILES string of the molecule is C[C@@H]1C(=O)[C@H](C)[C@H](c2ccccc2Cl)[NH2+][C@@H]1c1ccccc1Cl. The van der Waals surface area contributed by atoms with E-state index in [9.17, 15) is 4.79 Å². The van der Waals surface area contributed by atoms with Gasteiger partial charge < -0.3 is 5.32 Å². The molecule has 2 aromatic carbocycles. The lowest BCUT2D eigenvalue weighted by molar-refractivity contribution is -0.748. The summed E-state index contributed by atoms with van der Waals surface area (Å²) in [5.74, 6) is 0.106. The van der Waals surface area contributed by atoms with Crippen molar-refractivity contribution in [1.82, 2.24) is 0 Å². The van der Waals surface area contributed by atoms with Gasteiger partial charge >= 0.3 is 0 Å². The lowest BCUT2D eigenvalue weighted by Gasteiger charge is -2.36. The molecule has 0 unspecified atom stereocenters. The summed E-state index contributed by atoms with van der Waals surface area (Å²) < 4.78 is 0. The second-order valence-corrected chi connectivity index (χ2v) is 7.08. The van der Waals surface area contributed by atoms with Crippen molar-refractivity contribution in [3.8, 4) is 0 Å². The summed E-state index contributed by atoms with van der Waals surface area (Å²) in [4.78, 5) is 12.8. The van der Waals surface area contributed by atoms with Crippen LogP contribution in [0.5, 0.6) is 0 Å². The molecule has 1 aliphatic heterocycles. The molecular weight excluding hydrogens is 329 g/mol. The van der Waals surface area contributed by atoms with Gasteiger partial charge in [0.1, 0.15) is 12.1 Å². The largest absolute Gasteiger partial charge is 0.333 e. The van der Waals surface area contributed by atoms with Crippen molar-refractivity contribution in [3.05, 3.63) is 69.7 Å². The van der Waals surface area contributed by atoms with Gasteiger partial charge in [-0.05, 0) is 26.0 Å². The molecule has 1 heterocycles. The Morgan fingerprint density at radius 3 is 1.57 bits per heavy atom. The van der Waals surface area contributed by atoms with E-state index in [-0.39, 0.29) is 29.7 Å². The molecule has 2 aromatic rings. The maximum Gasteiger partial charge on any atom is 0.151 e. The highest BCUT2D eigenvalue weighted by Gasteiger charge is 2.44. The van der Waals surface area contributed by atoms with Crippen LogP contribution < -0.4 is 5.32 Å². The van der Waals surface area contributed by atoms with Crippen LogP contribution in [0.2, 0.25) is 10.0 Å². The van der Waals surface area contributed by atoms with Crippen molar-refractivity contribution in [3.63, 3.8) is 0 Å². The van der Waals surface area contributed by atoms with Gasteiger partial charge in [-0.1, -0.05) is 59.6 Å². The third-order valence-corrected chi connectivity index (χ3v) is 5.61. The summed E-state index contributed by atoms with van der Waals surface area (Å²) in [7, 11) is 0. The minimum atomic E-state index is -0.0800. The van der Waals surface area contributed by atoms with E-state index in [0.717, 1.165) is 11.1 Å². The summed E-state index contributed by atoms with van der Waals surface area (Å²) >= 11 is 12.7. The Morgan fingerprint density at radius 1 is 0.783 bits per heavy atom. The van der Waals surface area contributed by atoms with Gasteiger partial charge in [-0.25, -0.2) is 0 Å². The summed E-state index contributed by atoms with van der Waals surface area (Å²) in [6.45, 7) is 3.98. The number of nitrogens with two attached hydrogens (primary N) is 1. The topological polar surface area (TPSA) is 33.7 Å². The predicted molar refractivity (Wildman–Crippen MR) is 93.6 cm³/mol. The smallest absolute Gasteiger partial charge is 0.151 e. The number of carbonyl (C=O) groups excluding carboxylic acids is 1. The Labute approximate surface area is 146 Å². The Hall–Kier alpha value is -1.35. The molecule has 0 aliphatic carbocycles. The van der Waals surface area contributed by atoms with Crippen LogP contribution in [0, 0.1) is 11.8 Å². The van der Waals surface area contributed by atoms with Crippen molar-refractivity contribution in [2.24, 2.45) is 11.8 Å². The number of piperidine rings is 1. The average Bonchev–Trinajstić information content (AvgIpc) is 2.55. The molecule has 0 amide bonds. The van der Waals surface area contributed by atoms with Gasteiger partial charge in [-0.3, -0.25) is 4.79 Å². The molecule has 120 valence electrons. The molecule has 0 bridgehead atoms. The minimum Gasteiger partial charge on any atom is -0.333 e. The molecule has 3 rings (SSSR count). The second-order valence-electron chi connectivity index (χ2n) is 6.27. The van der Waals surface area contributed by atoms with Crippen molar-refractivity contribution in [2.45, 2.75) is 25.9 Å². The second kappa shape index (κ2) is 6.64. The molecule has 0 radical (unpaired) electrons. The molecule has 4 heteroatoms. The molecule has 4 atom stereocenters. The fraction of sp³-hybridized carbons (Fsp3) is 0.316. The van der Waals surface area contributed by atoms with E-state index < -0.39 is 0 Å². The highest BCUT2D eigenvalue weighted by Crippen LogP contribution is 2.36. The highest BCUT2D eigenvalue weighted by molar-refractivity contribution is 6.31. The molecule has 0 saturated carbocycles. The first-order valence-corrected chi connectivity index (χ1v) is 8.64. The number of hydrogen-bond donors (Lipinski definition) is 1. The van der Waals surface area contributed by atoms with Gasteiger partial charge in [0.15, 0.2) is 5.78 Å².